The number of rotatable bonds is 5. The minimum absolute atomic E-state index is 0.0189. The predicted molar refractivity (Wildman–Crippen MR) is 98.2 cm³/mol. The molecule has 0 aliphatic rings. The summed E-state index contributed by atoms with van der Waals surface area (Å²) in [6.07, 6.45) is 0.0189. The molecule has 0 spiro atoms. The smallest absolute Gasteiger partial charge is 0.271 e. The molecule has 0 saturated carbocycles. The molecule has 2 aromatic rings. The highest BCUT2D eigenvalue weighted by Crippen LogP contribution is 2.14. The summed E-state index contributed by atoms with van der Waals surface area (Å²) in [6, 6.07) is 13.3. The van der Waals surface area contributed by atoms with Crippen molar-refractivity contribution in [3.05, 3.63) is 69.2 Å². The normalized spacial score (nSPS) is 10.0. The first kappa shape index (κ1) is 19.0. The lowest BCUT2D eigenvalue weighted by molar-refractivity contribution is -0.121. The number of carbonyl (C=O) groups excluding carboxylic acids is 3. The summed E-state index contributed by atoms with van der Waals surface area (Å²) >= 11 is 9.19. The third kappa shape index (κ3) is 5.88. The molecule has 3 amide bonds. The Balaban J connectivity index is 1.72. The van der Waals surface area contributed by atoms with Gasteiger partial charge < -0.3 is 5.32 Å². The molecule has 0 heterocycles. The van der Waals surface area contributed by atoms with Gasteiger partial charge in [0.25, 0.3) is 11.8 Å². The topological polar surface area (TPSA) is 87.3 Å². The van der Waals surface area contributed by atoms with Crippen LogP contribution in [0.5, 0.6) is 0 Å². The van der Waals surface area contributed by atoms with E-state index in [1.54, 1.807) is 48.5 Å². The third-order valence-corrected chi connectivity index (χ3v) is 4.04. The van der Waals surface area contributed by atoms with E-state index in [0.717, 1.165) is 4.47 Å². The van der Waals surface area contributed by atoms with Crippen molar-refractivity contribution in [2.75, 3.05) is 6.54 Å². The van der Waals surface area contributed by atoms with Crippen molar-refractivity contribution >= 4 is 45.3 Å². The fourth-order valence-corrected chi connectivity index (χ4v) is 2.38. The van der Waals surface area contributed by atoms with Crippen molar-refractivity contribution in [3.8, 4) is 0 Å². The minimum atomic E-state index is -0.516. The molecule has 0 radical (unpaired) electrons. The maximum atomic E-state index is 11.9. The molecule has 25 heavy (non-hydrogen) atoms. The van der Waals surface area contributed by atoms with Crippen LogP contribution in [-0.2, 0) is 4.79 Å². The third-order valence-electron chi connectivity index (χ3n) is 3.18. The van der Waals surface area contributed by atoms with E-state index in [2.05, 4.69) is 32.1 Å². The van der Waals surface area contributed by atoms with Gasteiger partial charge in [-0.15, -0.1) is 0 Å². The van der Waals surface area contributed by atoms with Gasteiger partial charge in [0.05, 0.1) is 10.6 Å². The lowest BCUT2D eigenvalue weighted by Crippen LogP contribution is -2.42. The molecular weight excluding hydrogens is 410 g/mol. The van der Waals surface area contributed by atoms with Gasteiger partial charge in [-0.2, -0.15) is 0 Å². The highest BCUT2D eigenvalue weighted by Gasteiger charge is 2.11. The monoisotopic (exact) mass is 423 g/mol. The molecule has 8 heteroatoms. The molecule has 2 rings (SSSR count). The number of benzene rings is 2. The van der Waals surface area contributed by atoms with Crippen molar-refractivity contribution < 1.29 is 14.4 Å². The Bertz CT molecular complexity index is 781. The van der Waals surface area contributed by atoms with Gasteiger partial charge in [-0.1, -0.05) is 39.7 Å². The number of amides is 3. The Morgan fingerprint density at radius 2 is 1.60 bits per heavy atom. The highest BCUT2D eigenvalue weighted by molar-refractivity contribution is 9.10. The molecule has 0 unspecified atom stereocenters. The molecule has 6 nitrogen and oxygen atoms in total. The molecule has 0 aromatic heterocycles. The average molecular weight is 425 g/mol. The maximum Gasteiger partial charge on any atom is 0.271 e. The van der Waals surface area contributed by atoms with Crippen molar-refractivity contribution in [2.24, 2.45) is 0 Å². The van der Waals surface area contributed by atoms with Crippen LogP contribution in [0.15, 0.2) is 53.0 Å². The van der Waals surface area contributed by atoms with E-state index >= 15 is 0 Å². The zero-order chi connectivity index (χ0) is 18.2. The Kier molecular flexibility index (Phi) is 6.97. The predicted octanol–water partition coefficient (Wildman–Crippen LogP) is 2.68. The Morgan fingerprint density at radius 1 is 0.920 bits per heavy atom. The second-order valence-corrected chi connectivity index (χ2v) is 6.32. The van der Waals surface area contributed by atoms with E-state index < -0.39 is 11.8 Å². The lowest BCUT2D eigenvalue weighted by Gasteiger charge is -2.09. The molecule has 0 saturated heterocycles. The van der Waals surface area contributed by atoms with Crippen LogP contribution in [-0.4, -0.2) is 24.3 Å². The summed E-state index contributed by atoms with van der Waals surface area (Å²) in [7, 11) is 0. The van der Waals surface area contributed by atoms with Crippen LogP contribution in [0.3, 0.4) is 0 Å². The van der Waals surface area contributed by atoms with Crippen LogP contribution in [0.4, 0.5) is 0 Å². The zero-order valence-electron chi connectivity index (χ0n) is 13.0. The van der Waals surface area contributed by atoms with Crippen molar-refractivity contribution in [2.45, 2.75) is 6.42 Å². The molecule has 3 N–H and O–H groups in total. The van der Waals surface area contributed by atoms with Crippen LogP contribution in [0.1, 0.15) is 27.1 Å². The van der Waals surface area contributed by atoms with E-state index in [1.807, 2.05) is 0 Å². The van der Waals surface area contributed by atoms with E-state index in [1.165, 1.54) is 0 Å². The van der Waals surface area contributed by atoms with Crippen LogP contribution < -0.4 is 16.2 Å². The quantitative estimate of drug-likeness (QED) is 0.645. The van der Waals surface area contributed by atoms with Gasteiger partial charge in [-0.05, 0) is 36.4 Å². The van der Waals surface area contributed by atoms with Crippen LogP contribution >= 0.6 is 27.5 Å². The van der Waals surface area contributed by atoms with E-state index in [9.17, 15) is 14.4 Å². The minimum Gasteiger partial charge on any atom is -0.352 e. The number of nitrogens with one attached hydrogen (secondary N) is 3. The fraction of sp³-hybridized carbons (Fsp3) is 0.118. The molecule has 0 bridgehead atoms. The fourth-order valence-electron chi connectivity index (χ4n) is 1.89. The van der Waals surface area contributed by atoms with Crippen molar-refractivity contribution in [3.63, 3.8) is 0 Å². The summed E-state index contributed by atoms with van der Waals surface area (Å²) in [4.78, 5) is 35.5. The van der Waals surface area contributed by atoms with E-state index in [0.29, 0.717) is 5.56 Å². The second-order valence-electron chi connectivity index (χ2n) is 4.99. The summed E-state index contributed by atoms with van der Waals surface area (Å²) in [5, 5.41) is 2.92. The van der Waals surface area contributed by atoms with Gasteiger partial charge in [0.2, 0.25) is 5.91 Å². The highest BCUT2D eigenvalue weighted by atomic mass is 79.9. The van der Waals surface area contributed by atoms with Gasteiger partial charge in [0, 0.05) is 23.0 Å². The van der Waals surface area contributed by atoms with Crippen molar-refractivity contribution in [1.82, 2.24) is 16.2 Å². The molecule has 0 aliphatic heterocycles. The van der Waals surface area contributed by atoms with Crippen LogP contribution in [0.25, 0.3) is 0 Å². The summed E-state index contributed by atoms with van der Waals surface area (Å²) in [5.41, 5.74) is 5.30. The molecular formula is C17H15BrClN3O3. The Labute approximate surface area is 158 Å². The summed E-state index contributed by atoms with van der Waals surface area (Å²) in [6.45, 7) is 0.142. The largest absolute Gasteiger partial charge is 0.352 e. The molecule has 2 aromatic carbocycles. The molecule has 0 atom stereocenters. The molecule has 130 valence electrons. The van der Waals surface area contributed by atoms with Gasteiger partial charge >= 0.3 is 0 Å². The van der Waals surface area contributed by atoms with E-state index in [4.69, 9.17) is 11.6 Å². The standard InChI is InChI=1S/C17H15BrClN3O3/c18-12-7-5-11(6-8-12)16(24)20-10-9-15(23)21-22-17(25)13-3-1-2-4-14(13)19/h1-8H,9-10H2,(H,20,24)(H,21,23)(H,22,25). The molecule has 0 aliphatic carbocycles. The van der Waals surface area contributed by atoms with E-state index in [-0.39, 0.29) is 29.5 Å². The second kappa shape index (κ2) is 9.19. The van der Waals surface area contributed by atoms with Crippen LogP contribution in [0, 0.1) is 0 Å². The first-order valence-corrected chi connectivity index (χ1v) is 8.52. The first-order chi connectivity index (χ1) is 12.0. The van der Waals surface area contributed by atoms with Gasteiger partial charge in [0.15, 0.2) is 0 Å². The first-order valence-electron chi connectivity index (χ1n) is 7.35. The zero-order valence-corrected chi connectivity index (χ0v) is 15.4. The van der Waals surface area contributed by atoms with Gasteiger partial charge in [0.1, 0.15) is 0 Å². The number of halogens is 2. The average Bonchev–Trinajstić information content (AvgIpc) is 2.60. The van der Waals surface area contributed by atoms with Gasteiger partial charge in [-0.3, -0.25) is 25.2 Å². The number of hydrogen-bond donors (Lipinski definition) is 3. The van der Waals surface area contributed by atoms with Gasteiger partial charge in [-0.25, -0.2) is 0 Å². The summed E-state index contributed by atoms with van der Waals surface area (Å²) < 4.78 is 0.873. The summed E-state index contributed by atoms with van der Waals surface area (Å²) in [5.74, 6) is -1.23. The van der Waals surface area contributed by atoms with Crippen molar-refractivity contribution in [1.29, 1.82) is 0 Å². The molecule has 0 fully saturated rings. The maximum absolute atomic E-state index is 11.9. The Morgan fingerprint density at radius 3 is 2.28 bits per heavy atom. The van der Waals surface area contributed by atoms with Crippen LogP contribution in [0.2, 0.25) is 5.02 Å². The number of hydrogen-bond acceptors (Lipinski definition) is 3. The lowest BCUT2D eigenvalue weighted by atomic mass is 10.2. The number of carbonyl (C=O) groups is 3. The Hall–Kier alpha value is -2.38. The SMILES string of the molecule is O=C(CCNC(=O)c1ccc(Br)cc1)NNC(=O)c1ccccc1Cl. The number of hydrazine groups is 1.